The van der Waals surface area contributed by atoms with Gasteiger partial charge in [-0.25, -0.2) is 0 Å². The lowest BCUT2D eigenvalue weighted by Crippen LogP contribution is -2.29. The number of aromatic nitrogens is 2. The normalized spacial score (nSPS) is 17.1. The predicted octanol–water partition coefficient (Wildman–Crippen LogP) is 1.02. The van der Waals surface area contributed by atoms with Gasteiger partial charge in [-0.2, -0.15) is 5.10 Å². The highest BCUT2D eigenvalue weighted by molar-refractivity contribution is 5.97. The van der Waals surface area contributed by atoms with Gasteiger partial charge in [0, 0.05) is 19.3 Å². The van der Waals surface area contributed by atoms with Gasteiger partial charge in [-0.3, -0.25) is 9.48 Å². The molecule has 0 bridgehead atoms. The molecule has 16 heavy (non-hydrogen) atoms. The van der Waals surface area contributed by atoms with Gasteiger partial charge in [0.05, 0.1) is 5.69 Å². The third-order valence-corrected chi connectivity index (χ3v) is 3.11. The lowest BCUT2D eigenvalue weighted by atomic mass is 10.1. The van der Waals surface area contributed by atoms with E-state index < -0.39 is 0 Å². The van der Waals surface area contributed by atoms with E-state index in [0.717, 1.165) is 6.54 Å². The Bertz CT molecular complexity index is 406. The topological polar surface area (TPSA) is 72.9 Å². The number of amides is 1. The summed E-state index contributed by atoms with van der Waals surface area (Å²) in [6.07, 6.45) is 4.06. The van der Waals surface area contributed by atoms with Crippen molar-refractivity contribution in [2.75, 3.05) is 12.3 Å². The molecule has 1 aromatic rings. The molecule has 88 valence electrons. The Hall–Kier alpha value is -1.52. The SMILES string of the molecule is CCn1cc(N)c(C(=O)NCC2(C)CC2)n1. The molecular formula is C11H18N4O. The Kier molecular flexibility index (Phi) is 2.61. The van der Waals surface area contributed by atoms with E-state index in [-0.39, 0.29) is 5.91 Å². The number of nitrogens with two attached hydrogens (primary N) is 1. The summed E-state index contributed by atoms with van der Waals surface area (Å²) in [6, 6.07) is 0. The molecule has 2 rings (SSSR count). The highest BCUT2D eigenvalue weighted by Gasteiger charge is 2.37. The van der Waals surface area contributed by atoms with Crippen LogP contribution < -0.4 is 11.1 Å². The molecule has 0 radical (unpaired) electrons. The van der Waals surface area contributed by atoms with Crippen molar-refractivity contribution in [3.8, 4) is 0 Å². The van der Waals surface area contributed by atoms with Gasteiger partial charge in [-0.05, 0) is 25.2 Å². The fourth-order valence-corrected chi connectivity index (χ4v) is 1.54. The summed E-state index contributed by atoms with van der Waals surface area (Å²) in [6.45, 7) is 5.56. The Morgan fingerprint density at radius 3 is 2.88 bits per heavy atom. The lowest BCUT2D eigenvalue weighted by molar-refractivity contribution is 0.0941. The molecule has 0 aromatic carbocycles. The van der Waals surface area contributed by atoms with E-state index in [0.29, 0.717) is 23.3 Å². The van der Waals surface area contributed by atoms with Crippen LogP contribution in [0.15, 0.2) is 6.20 Å². The summed E-state index contributed by atoms with van der Waals surface area (Å²) in [5.74, 6) is -0.169. The first-order chi connectivity index (χ1) is 7.54. The zero-order chi connectivity index (χ0) is 11.8. The molecule has 5 heteroatoms. The minimum Gasteiger partial charge on any atom is -0.396 e. The van der Waals surface area contributed by atoms with Gasteiger partial charge in [-0.1, -0.05) is 6.92 Å². The quantitative estimate of drug-likeness (QED) is 0.798. The van der Waals surface area contributed by atoms with Gasteiger partial charge in [0.15, 0.2) is 5.69 Å². The molecule has 3 N–H and O–H groups in total. The van der Waals surface area contributed by atoms with Crippen LogP contribution in [0.25, 0.3) is 0 Å². The molecule has 1 amide bonds. The molecule has 0 atom stereocenters. The van der Waals surface area contributed by atoms with Crippen LogP contribution in [0.5, 0.6) is 0 Å². The van der Waals surface area contributed by atoms with E-state index in [1.807, 2.05) is 6.92 Å². The zero-order valence-corrected chi connectivity index (χ0v) is 9.79. The largest absolute Gasteiger partial charge is 0.396 e. The van der Waals surface area contributed by atoms with E-state index >= 15 is 0 Å². The average molecular weight is 222 g/mol. The first kappa shape index (κ1) is 11.0. The maximum Gasteiger partial charge on any atom is 0.273 e. The maximum atomic E-state index is 11.8. The molecule has 1 aromatic heterocycles. The summed E-state index contributed by atoms with van der Waals surface area (Å²) in [5, 5.41) is 7.01. The van der Waals surface area contributed by atoms with Crippen molar-refractivity contribution in [3.63, 3.8) is 0 Å². The number of carbonyl (C=O) groups excluding carboxylic acids is 1. The highest BCUT2D eigenvalue weighted by atomic mass is 16.2. The summed E-state index contributed by atoms with van der Waals surface area (Å²) in [7, 11) is 0. The van der Waals surface area contributed by atoms with Gasteiger partial charge in [0.1, 0.15) is 0 Å². The van der Waals surface area contributed by atoms with Gasteiger partial charge in [-0.15, -0.1) is 0 Å². The minimum atomic E-state index is -0.169. The number of nitrogens with zero attached hydrogens (tertiary/aromatic N) is 2. The van der Waals surface area contributed by atoms with Crippen molar-refractivity contribution in [3.05, 3.63) is 11.9 Å². The number of carbonyl (C=O) groups is 1. The Morgan fingerprint density at radius 2 is 2.38 bits per heavy atom. The molecule has 1 fully saturated rings. The predicted molar refractivity (Wildman–Crippen MR) is 62.0 cm³/mol. The van der Waals surface area contributed by atoms with E-state index in [2.05, 4.69) is 17.3 Å². The van der Waals surface area contributed by atoms with Crippen LogP contribution in [0.3, 0.4) is 0 Å². The average Bonchev–Trinajstić information content (AvgIpc) is 2.87. The monoisotopic (exact) mass is 222 g/mol. The van der Waals surface area contributed by atoms with E-state index in [4.69, 9.17) is 5.73 Å². The van der Waals surface area contributed by atoms with Crippen molar-refractivity contribution >= 4 is 11.6 Å². The van der Waals surface area contributed by atoms with Crippen LogP contribution >= 0.6 is 0 Å². The first-order valence-corrected chi connectivity index (χ1v) is 5.65. The van der Waals surface area contributed by atoms with E-state index in [1.165, 1.54) is 12.8 Å². The second-order valence-electron chi connectivity index (χ2n) is 4.78. The molecule has 0 unspecified atom stereocenters. The molecule has 0 aliphatic heterocycles. The van der Waals surface area contributed by atoms with Crippen LogP contribution in [-0.4, -0.2) is 22.2 Å². The molecular weight excluding hydrogens is 204 g/mol. The number of hydrogen-bond acceptors (Lipinski definition) is 3. The third kappa shape index (κ3) is 2.18. The second kappa shape index (κ2) is 3.81. The highest BCUT2D eigenvalue weighted by Crippen LogP contribution is 2.44. The maximum absolute atomic E-state index is 11.8. The number of nitrogens with one attached hydrogen (secondary N) is 1. The molecule has 1 saturated carbocycles. The number of aryl methyl sites for hydroxylation is 1. The van der Waals surface area contributed by atoms with Crippen LogP contribution in [-0.2, 0) is 6.54 Å². The van der Waals surface area contributed by atoms with Gasteiger partial charge in [0.2, 0.25) is 0 Å². The number of anilines is 1. The molecule has 1 heterocycles. The molecule has 1 aliphatic carbocycles. The van der Waals surface area contributed by atoms with Gasteiger partial charge in [0.25, 0.3) is 5.91 Å². The van der Waals surface area contributed by atoms with Crippen LogP contribution in [0, 0.1) is 5.41 Å². The second-order valence-corrected chi connectivity index (χ2v) is 4.78. The van der Waals surface area contributed by atoms with E-state index in [1.54, 1.807) is 10.9 Å². The number of nitrogen functional groups attached to an aromatic ring is 1. The van der Waals surface area contributed by atoms with Crippen molar-refractivity contribution in [1.82, 2.24) is 15.1 Å². The summed E-state index contributed by atoms with van der Waals surface area (Å²) < 4.78 is 1.67. The number of rotatable bonds is 4. The fourth-order valence-electron chi connectivity index (χ4n) is 1.54. The van der Waals surface area contributed by atoms with Crippen molar-refractivity contribution in [2.45, 2.75) is 33.2 Å². The van der Waals surface area contributed by atoms with Crippen LogP contribution in [0.4, 0.5) is 5.69 Å². The Morgan fingerprint density at radius 1 is 1.69 bits per heavy atom. The Balaban J connectivity index is 1.99. The molecule has 1 aliphatic rings. The summed E-state index contributed by atoms with van der Waals surface area (Å²) >= 11 is 0. The minimum absolute atomic E-state index is 0.169. The summed E-state index contributed by atoms with van der Waals surface area (Å²) in [5.41, 5.74) is 6.82. The third-order valence-electron chi connectivity index (χ3n) is 3.11. The van der Waals surface area contributed by atoms with Gasteiger partial charge < -0.3 is 11.1 Å². The van der Waals surface area contributed by atoms with Crippen molar-refractivity contribution < 1.29 is 4.79 Å². The van der Waals surface area contributed by atoms with Crippen LogP contribution in [0.2, 0.25) is 0 Å². The smallest absolute Gasteiger partial charge is 0.273 e. The fraction of sp³-hybridized carbons (Fsp3) is 0.636. The van der Waals surface area contributed by atoms with E-state index in [9.17, 15) is 4.79 Å². The summed E-state index contributed by atoms with van der Waals surface area (Å²) in [4.78, 5) is 11.8. The Labute approximate surface area is 95.0 Å². The van der Waals surface area contributed by atoms with Crippen molar-refractivity contribution in [2.24, 2.45) is 5.41 Å². The molecule has 5 nitrogen and oxygen atoms in total. The molecule has 0 spiro atoms. The lowest BCUT2D eigenvalue weighted by Gasteiger charge is -2.08. The van der Waals surface area contributed by atoms with Crippen molar-refractivity contribution in [1.29, 1.82) is 0 Å². The number of hydrogen-bond donors (Lipinski definition) is 2. The zero-order valence-electron chi connectivity index (χ0n) is 9.79. The van der Waals surface area contributed by atoms with Gasteiger partial charge >= 0.3 is 0 Å². The van der Waals surface area contributed by atoms with Crippen LogP contribution in [0.1, 0.15) is 37.2 Å². The first-order valence-electron chi connectivity index (χ1n) is 5.65. The standard InChI is InChI=1S/C11H18N4O/c1-3-15-6-8(12)9(14-15)10(16)13-7-11(2)4-5-11/h6H,3-5,7,12H2,1-2H3,(H,13,16). The molecule has 0 saturated heterocycles.